The van der Waals surface area contributed by atoms with Crippen LogP contribution in [0.25, 0.3) is 0 Å². The van der Waals surface area contributed by atoms with Crippen molar-refractivity contribution in [3.63, 3.8) is 0 Å². The number of para-hydroxylation sites is 1. The maximum Gasteiger partial charge on any atom is 0.314 e. The van der Waals surface area contributed by atoms with E-state index < -0.39 is 5.97 Å². The molecule has 1 saturated carbocycles. The summed E-state index contributed by atoms with van der Waals surface area (Å²) < 4.78 is 5.31. The van der Waals surface area contributed by atoms with Gasteiger partial charge in [0.05, 0.1) is 11.8 Å². The number of hydrogen-bond donors (Lipinski definition) is 1. The van der Waals surface area contributed by atoms with Crippen LogP contribution in [-0.4, -0.2) is 17.0 Å². The minimum absolute atomic E-state index is 0.0135. The number of carboxylic acids is 1. The van der Waals surface area contributed by atoms with Crippen molar-refractivity contribution >= 4 is 11.9 Å². The Kier molecular flexibility index (Phi) is 4.20. The van der Waals surface area contributed by atoms with Gasteiger partial charge in [0.2, 0.25) is 0 Å². The van der Waals surface area contributed by atoms with Crippen LogP contribution in [0, 0.1) is 17.8 Å². The number of aliphatic carboxylic acids is 1. The molecule has 0 spiro atoms. The maximum atomic E-state index is 12.0. The van der Waals surface area contributed by atoms with Crippen molar-refractivity contribution in [3.05, 3.63) is 30.3 Å². The van der Waals surface area contributed by atoms with Gasteiger partial charge < -0.3 is 9.84 Å². The minimum atomic E-state index is -0.762. The summed E-state index contributed by atoms with van der Waals surface area (Å²) in [6, 6.07) is 8.96. The Morgan fingerprint density at radius 3 is 2.47 bits per heavy atom. The van der Waals surface area contributed by atoms with Crippen LogP contribution in [0.15, 0.2) is 30.3 Å². The Morgan fingerprint density at radius 1 is 1.21 bits per heavy atom. The van der Waals surface area contributed by atoms with Crippen LogP contribution in [0.5, 0.6) is 5.75 Å². The third-order valence-electron chi connectivity index (χ3n) is 3.78. The van der Waals surface area contributed by atoms with Crippen LogP contribution in [-0.2, 0) is 9.59 Å². The molecule has 1 fully saturated rings. The molecule has 3 atom stereocenters. The third-order valence-corrected chi connectivity index (χ3v) is 3.78. The minimum Gasteiger partial charge on any atom is -0.481 e. The summed E-state index contributed by atoms with van der Waals surface area (Å²) >= 11 is 0. The SMILES string of the molecule is C[C@H]1CC(C(=O)Oc2ccccc2)CC[C@H]1C(=O)O. The van der Waals surface area contributed by atoms with Gasteiger partial charge in [-0.15, -0.1) is 0 Å². The van der Waals surface area contributed by atoms with Gasteiger partial charge in [-0.2, -0.15) is 0 Å². The average Bonchev–Trinajstić information content (AvgIpc) is 2.39. The van der Waals surface area contributed by atoms with Crippen LogP contribution in [0.1, 0.15) is 26.2 Å². The van der Waals surface area contributed by atoms with Gasteiger partial charge >= 0.3 is 11.9 Å². The lowest BCUT2D eigenvalue weighted by Crippen LogP contribution is -2.33. The lowest BCUT2D eigenvalue weighted by molar-refractivity contribution is -0.149. The fraction of sp³-hybridized carbons (Fsp3) is 0.467. The number of hydrogen-bond acceptors (Lipinski definition) is 3. The first-order valence-electron chi connectivity index (χ1n) is 6.57. The molecule has 1 unspecified atom stereocenters. The molecule has 0 radical (unpaired) electrons. The van der Waals surface area contributed by atoms with E-state index in [0.29, 0.717) is 25.0 Å². The van der Waals surface area contributed by atoms with Gasteiger partial charge in [-0.05, 0) is 37.3 Å². The second-order valence-corrected chi connectivity index (χ2v) is 5.17. The molecule has 0 saturated heterocycles. The Labute approximate surface area is 112 Å². The Balaban J connectivity index is 1.93. The molecule has 2 rings (SSSR count). The van der Waals surface area contributed by atoms with Crippen molar-refractivity contribution < 1.29 is 19.4 Å². The summed E-state index contributed by atoms with van der Waals surface area (Å²) in [6.07, 6.45) is 1.72. The van der Waals surface area contributed by atoms with Gasteiger partial charge in [-0.25, -0.2) is 0 Å². The second kappa shape index (κ2) is 5.87. The zero-order valence-electron chi connectivity index (χ0n) is 10.9. The van der Waals surface area contributed by atoms with Gasteiger partial charge in [0, 0.05) is 0 Å². The van der Waals surface area contributed by atoms with E-state index in [1.54, 1.807) is 12.1 Å². The van der Waals surface area contributed by atoms with Crippen molar-refractivity contribution in [3.8, 4) is 5.75 Å². The molecule has 1 aliphatic carbocycles. The standard InChI is InChI=1S/C15H18O4/c1-10-9-11(7-8-13(10)14(16)17)15(18)19-12-5-3-2-4-6-12/h2-6,10-11,13H,7-9H2,1H3,(H,16,17)/t10-,11?,13+/m0/s1. The molecule has 102 valence electrons. The third kappa shape index (κ3) is 3.34. The van der Waals surface area contributed by atoms with E-state index in [1.807, 2.05) is 25.1 Å². The number of benzene rings is 1. The van der Waals surface area contributed by atoms with Crippen LogP contribution in [0.3, 0.4) is 0 Å². The smallest absolute Gasteiger partial charge is 0.314 e. The molecule has 0 aliphatic heterocycles. The highest BCUT2D eigenvalue weighted by molar-refractivity contribution is 5.76. The molecule has 0 amide bonds. The van der Waals surface area contributed by atoms with Crippen LogP contribution >= 0.6 is 0 Å². The summed E-state index contributed by atoms with van der Waals surface area (Å²) in [5, 5.41) is 9.05. The number of ether oxygens (including phenoxy) is 1. The topological polar surface area (TPSA) is 63.6 Å². The highest BCUT2D eigenvalue weighted by atomic mass is 16.5. The number of carbonyl (C=O) groups is 2. The molecule has 19 heavy (non-hydrogen) atoms. The highest BCUT2D eigenvalue weighted by Crippen LogP contribution is 2.34. The fourth-order valence-electron chi connectivity index (χ4n) is 2.67. The van der Waals surface area contributed by atoms with Crippen molar-refractivity contribution in [1.29, 1.82) is 0 Å². The summed E-state index contributed by atoms with van der Waals surface area (Å²) in [4.78, 5) is 23.0. The van der Waals surface area contributed by atoms with Crippen molar-refractivity contribution in [2.75, 3.05) is 0 Å². The Hall–Kier alpha value is -1.84. The first-order chi connectivity index (χ1) is 9.08. The van der Waals surface area contributed by atoms with Gasteiger partial charge in [0.1, 0.15) is 5.75 Å². The van der Waals surface area contributed by atoms with Crippen LogP contribution in [0.2, 0.25) is 0 Å². The summed E-state index contributed by atoms with van der Waals surface area (Å²) in [5.41, 5.74) is 0. The van der Waals surface area contributed by atoms with E-state index in [-0.39, 0.29) is 23.7 Å². The van der Waals surface area contributed by atoms with Gasteiger partial charge in [-0.3, -0.25) is 9.59 Å². The van der Waals surface area contributed by atoms with E-state index in [9.17, 15) is 9.59 Å². The maximum absolute atomic E-state index is 12.0. The number of carbonyl (C=O) groups excluding carboxylic acids is 1. The molecule has 0 bridgehead atoms. The van der Waals surface area contributed by atoms with E-state index in [0.717, 1.165) is 0 Å². The van der Waals surface area contributed by atoms with E-state index in [2.05, 4.69) is 0 Å². The molecule has 0 aromatic heterocycles. The fourth-order valence-corrected chi connectivity index (χ4v) is 2.67. The van der Waals surface area contributed by atoms with Crippen molar-refractivity contribution in [1.82, 2.24) is 0 Å². The van der Waals surface area contributed by atoms with Crippen molar-refractivity contribution in [2.45, 2.75) is 26.2 Å². The highest BCUT2D eigenvalue weighted by Gasteiger charge is 2.35. The van der Waals surface area contributed by atoms with E-state index in [4.69, 9.17) is 9.84 Å². The first-order valence-corrected chi connectivity index (χ1v) is 6.57. The quantitative estimate of drug-likeness (QED) is 0.672. The molecular formula is C15H18O4. The molecule has 4 heteroatoms. The number of rotatable bonds is 3. The first kappa shape index (κ1) is 13.6. The van der Waals surface area contributed by atoms with Gasteiger partial charge in [0.25, 0.3) is 0 Å². The zero-order valence-corrected chi connectivity index (χ0v) is 10.9. The average molecular weight is 262 g/mol. The summed E-state index contributed by atoms with van der Waals surface area (Å²) in [7, 11) is 0. The number of carboxylic acid groups (broad SMARTS) is 1. The summed E-state index contributed by atoms with van der Waals surface area (Å²) in [5.74, 6) is -0.976. The zero-order chi connectivity index (χ0) is 13.8. The molecule has 1 N–H and O–H groups in total. The molecule has 1 aromatic carbocycles. The Bertz CT molecular complexity index is 454. The molecule has 0 heterocycles. The van der Waals surface area contributed by atoms with Crippen LogP contribution < -0.4 is 4.74 Å². The lowest BCUT2D eigenvalue weighted by Gasteiger charge is -2.30. The molecule has 4 nitrogen and oxygen atoms in total. The number of esters is 1. The largest absolute Gasteiger partial charge is 0.481 e. The molecule has 1 aromatic rings. The molecular weight excluding hydrogens is 244 g/mol. The Morgan fingerprint density at radius 2 is 1.89 bits per heavy atom. The van der Waals surface area contributed by atoms with Gasteiger partial charge in [0.15, 0.2) is 0 Å². The van der Waals surface area contributed by atoms with Crippen molar-refractivity contribution in [2.24, 2.45) is 17.8 Å². The predicted octanol–water partition coefficient (Wildman–Crippen LogP) is 2.73. The monoisotopic (exact) mass is 262 g/mol. The van der Waals surface area contributed by atoms with Crippen LogP contribution in [0.4, 0.5) is 0 Å². The second-order valence-electron chi connectivity index (χ2n) is 5.17. The van der Waals surface area contributed by atoms with Gasteiger partial charge in [-0.1, -0.05) is 25.1 Å². The molecule has 1 aliphatic rings. The lowest BCUT2D eigenvalue weighted by atomic mass is 9.75. The van der Waals surface area contributed by atoms with E-state index in [1.165, 1.54) is 0 Å². The summed E-state index contributed by atoms with van der Waals surface area (Å²) in [6.45, 7) is 1.89. The van der Waals surface area contributed by atoms with E-state index >= 15 is 0 Å². The predicted molar refractivity (Wildman–Crippen MR) is 69.7 cm³/mol. The normalized spacial score (nSPS) is 26.7.